The van der Waals surface area contributed by atoms with Gasteiger partial charge in [-0.1, -0.05) is 24.3 Å². The van der Waals surface area contributed by atoms with Crippen molar-refractivity contribution in [2.75, 3.05) is 12.9 Å². The first kappa shape index (κ1) is 17.7. The summed E-state index contributed by atoms with van der Waals surface area (Å²) in [6.07, 6.45) is 1.45. The molecule has 2 rings (SSSR count). The number of nitrogens with one attached hydrogen (secondary N) is 1. The first-order chi connectivity index (χ1) is 11.6. The number of hydrazone groups is 1. The molecular formula is C17H15FN2O3S. The van der Waals surface area contributed by atoms with Gasteiger partial charge in [-0.2, -0.15) is 5.10 Å². The molecule has 0 unspecified atom stereocenters. The highest BCUT2D eigenvalue weighted by Gasteiger charge is 2.06. The summed E-state index contributed by atoms with van der Waals surface area (Å²) in [7, 11) is 1.31. The van der Waals surface area contributed by atoms with Crippen molar-refractivity contribution in [2.45, 2.75) is 4.90 Å². The van der Waals surface area contributed by atoms with Crippen LogP contribution in [0.4, 0.5) is 4.39 Å². The molecule has 124 valence electrons. The van der Waals surface area contributed by atoms with Gasteiger partial charge in [0.25, 0.3) is 0 Å². The fourth-order valence-electron chi connectivity index (χ4n) is 1.74. The summed E-state index contributed by atoms with van der Waals surface area (Å²) in [5, 5.41) is 3.82. The Labute approximate surface area is 142 Å². The Morgan fingerprint density at radius 3 is 2.58 bits per heavy atom. The molecule has 0 heterocycles. The standard InChI is InChI=1S/C17H15FN2O3S/c1-23-17(22)13-8-6-12(7-9-13)10-19-20-16(21)11-24-15-5-3-2-4-14(15)18/h2-10H,11H2,1H3,(H,20,21)/b19-10-. The predicted octanol–water partition coefficient (Wildman–Crippen LogP) is 2.85. The molecule has 0 saturated heterocycles. The quantitative estimate of drug-likeness (QED) is 0.378. The zero-order valence-electron chi connectivity index (χ0n) is 12.9. The van der Waals surface area contributed by atoms with E-state index in [2.05, 4.69) is 15.3 Å². The maximum atomic E-state index is 13.4. The lowest BCUT2D eigenvalue weighted by Crippen LogP contribution is -2.19. The van der Waals surface area contributed by atoms with Gasteiger partial charge in [0.15, 0.2) is 0 Å². The van der Waals surface area contributed by atoms with Gasteiger partial charge in [0.05, 0.1) is 24.6 Å². The van der Waals surface area contributed by atoms with Crippen LogP contribution < -0.4 is 5.43 Å². The van der Waals surface area contributed by atoms with E-state index in [1.54, 1.807) is 42.5 Å². The average Bonchev–Trinajstić information content (AvgIpc) is 2.61. The van der Waals surface area contributed by atoms with Gasteiger partial charge in [-0.05, 0) is 29.8 Å². The normalized spacial score (nSPS) is 10.6. The molecule has 0 radical (unpaired) electrons. The molecule has 5 nitrogen and oxygen atoms in total. The number of esters is 1. The van der Waals surface area contributed by atoms with Gasteiger partial charge in [0.2, 0.25) is 5.91 Å². The number of amides is 1. The third kappa shape index (κ3) is 5.20. The van der Waals surface area contributed by atoms with Crippen LogP contribution in [0.3, 0.4) is 0 Å². The number of carbonyl (C=O) groups excluding carboxylic acids is 2. The molecule has 0 aromatic heterocycles. The number of thioether (sulfide) groups is 1. The Balaban J connectivity index is 1.82. The number of nitrogens with zero attached hydrogens (tertiary/aromatic N) is 1. The van der Waals surface area contributed by atoms with Gasteiger partial charge >= 0.3 is 5.97 Å². The monoisotopic (exact) mass is 346 g/mol. The number of carbonyl (C=O) groups is 2. The largest absolute Gasteiger partial charge is 0.465 e. The lowest BCUT2D eigenvalue weighted by molar-refractivity contribution is -0.118. The number of hydrogen-bond donors (Lipinski definition) is 1. The lowest BCUT2D eigenvalue weighted by Gasteiger charge is -2.02. The molecule has 2 aromatic rings. The van der Waals surface area contributed by atoms with Gasteiger partial charge in [-0.15, -0.1) is 11.8 Å². The molecule has 0 saturated carbocycles. The molecular weight excluding hydrogens is 331 g/mol. The summed E-state index contributed by atoms with van der Waals surface area (Å²) in [6, 6.07) is 12.8. The number of hydrogen-bond acceptors (Lipinski definition) is 5. The van der Waals surface area contributed by atoms with Crippen molar-refractivity contribution in [3.63, 3.8) is 0 Å². The predicted molar refractivity (Wildman–Crippen MR) is 90.6 cm³/mol. The second-order valence-corrected chi connectivity index (χ2v) is 5.64. The number of benzene rings is 2. The highest BCUT2D eigenvalue weighted by atomic mass is 32.2. The SMILES string of the molecule is COC(=O)c1ccc(/C=N\NC(=O)CSc2ccccc2F)cc1. The van der Waals surface area contributed by atoms with E-state index in [0.29, 0.717) is 16.0 Å². The molecule has 1 N–H and O–H groups in total. The molecule has 0 aliphatic heterocycles. The smallest absolute Gasteiger partial charge is 0.337 e. The Hall–Kier alpha value is -2.67. The van der Waals surface area contributed by atoms with Crippen molar-refractivity contribution in [3.8, 4) is 0 Å². The van der Waals surface area contributed by atoms with Crippen molar-refractivity contribution < 1.29 is 18.7 Å². The molecule has 7 heteroatoms. The van der Waals surface area contributed by atoms with Gasteiger partial charge < -0.3 is 4.74 Å². The van der Waals surface area contributed by atoms with Crippen LogP contribution in [0, 0.1) is 5.82 Å². The Kier molecular flexibility index (Phi) is 6.51. The van der Waals surface area contributed by atoms with Crippen molar-refractivity contribution in [2.24, 2.45) is 5.10 Å². The number of methoxy groups -OCH3 is 1. The molecule has 0 fully saturated rings. The van der Waals surface area contributed by atoms with Crippen LogP contribution in [0.25, 0.3) is 0 Å². The molecule has 0 bridgehead atoms. The van der Waals surface area contributed by atoms with Gasteiger partial charge in [0, 0.05) is 4.90 Å². The summed E-state index contributed by atoms with van der Waals surface area (Å²) in [4.78, 5) is 23.4. The fourth-order valence-corrected chi connectivity index (χ4v) is 2.47. The highest BCUT2D eigenvalue weighted by molar-refractivity contribution is 8.00. The van der Waals surface area contributed by atoms with E-state index in [1.165, 1.54) is 19.4 Å². The zero-order valence-corrected chi connectivity index (χ0v) is 13.7. The summed E-state index contributed by atoms with van der Waals surface area (Å²) in [6.45, 7) is 0. The van der Waals surface area contributed by atoms with E-state index in [4.69, 9.17) is 0 Å². The van der Waals surface area contributed by atoms with E-state index in [1.807, 2.05) is 0 Å². The van der Waals surface area contributed by atoms with Crippen LogP contribution in [-0.4, -0.2) is 31.0 Å². The minimum absolute atomic E-state index is 0.0551. The zero-order chi connectivity index (χ0) is 17.4. The van der Waals surface area contributed by atoms with Crippen LogP contribution in [0.5, 0.6) is 0 Å². The summed E-state index contributed by atoms with van der Waals surface area (Å²) in [5.41, 5.74) is 3.51. The third-order valence-corrected chi connectivity index (χ3v) is 3.98. The number of ether oxygens (including phenoxy) is 1. The molecule has 0 aliphatic carbocycles. The lowest BCUT2D eigenvalue weighted by atomic mass is 10.1. The molecule has 1 amide bonds. The van der Waals surface area contributed by atoms with E-state index in [0.717, 1.165) is 11.8 Å². The Bertz CT molecular complexity index is 748. The molecule has 0 aliphatic rings. The molecule has 2 aromatic carbocycles. The Morgan fingerprint density at radius 1 is 1.21 bits per heavy atom. The Morgan fingerprint density at radius 2 is 1.92 bits per heavy atom. The van der Waals surface area contributed by atoms with Crippen molar-refractivity contribution >= 4 is 29.9 Å². The minimum Gasteiger partial charge on any atom is -0.465 e. The highest BCUT2D eigenvalue weighted by Crippen LogP contribution is 2.20. The van der Waals surface area contributed by atoms with Crippen molar-refractivity contribution in [1.29, 1.82) is 0 Å². The third-order valence-electron chi connectivity index (χ3n) is 2.93. The van der Waals surface area contributed by atoms with E-state index in [-0.39, 0.29) is 17.5 Å². The fraction of sp³-hybridized carbons (Fsp3) is 0.118. The molecule has 0 atom stereocenters. The van der Waals surface area contributed by atoms with Crippen LogP contribution in [-0.2, 0) is 9.53 Å². The van der Waals surface area contributed by atoms with E-state index < -0.39 is 5.97 Å². The van der Waals surface area contributed by atoms with Gasteiger partial charge in [-0.3, -0.25) is 4.79 Å². The summed E-state index contributed by atoms with van der Waals surface area (Å²) in [5.74, 6) is -1.06. The van der Waals surface area contributed by atoms with E-state index in [9.17, 15) is 14.0 Å². The topological polar surface area (TPSA) is 67.8 Å². The summed E-state index contributed by atoms with van der Waals surface area (Å²) < 4.78 is 18.0. The van der Waals surface area contributed by atoms with Crippen LogP contribution in [0.1, 0.15) is 15.9 Å². The second-order valence-electron chi connectivity index (χ2n) is 4.63. The van der Waals surface area contributed by atoms with Gasteiger partial charge in [0.1, 0.15) is 5.82 Å². The first-order valence-corrected chi connectivity index (χ1v) is 7.96. The van der Waals surface area contributed by atoms with E-state index >= 15 is 0 Å². The number of halogens is 1. The second kappa shape index (κ2) is 8.83. The maximum Gasteiger partial charge on any atom is 0.337 e. The first-order valence-electron chi connectivity index (χ1n) is 6.98. The van der Waals surface area contributed by atoms with Crippen LogP contribution in [0.2, 0.25) is 0 Å². The minimum atomic E-state index is -0.419. The van der Waals surface area contributed by atoms with Crippen molar-refractivity contribution in [1.82, 2.24) is 5.43 Å². The number of rotatable bonds is 6. The van der Waals surface area contributed by atoms with Crippen LogP contribution >= 0.6 is 11.8 Å². The van der Waals surface area contributed by atoms with Crippen LogP contribution in [0.15, 0.2) is 58.5 Å². The molecule has 24 heavy (non-hydrogen) atoms. The maximum absolute atomic E-state index is 13.4. The average molecular weight is 346 g/mol. The van der Waals surface area contributed by atoms with Crippen molar-refractivity contribution in [3.05, 3.63) is 65.5 Å². The van der Waals surface area contributed by atoms with Gasteiger partial charge in [-0.25, -0.2) is 14.6 Å². The molecule has 0 spiro atoms. The summed E-state index contributed by atoms with van der Waals surface area (Å²) >= 11 is 1.10.